The molecule has 0 aliphatic heterocycles. The molecule has 0 spiro atoms. The first-order chi connectivity index (χ1) is 10.3. The van der Waals surface area contributed by atoms with Crippen molar-refractivity contribution in [1.29, 1.82) is 5.41 Å². The van der Waals surface area contributed by atoms with E-state index in [0.29, 0.717) is 12.3 Å². The second kappa shape index (κ2) is 10.7. The number of nitrogens with two attached hydrogens (primary N) is 1. The van der Waals surface area contributed by atoms with Crippen LogP contribution in [0, 0.1) is 11.3 Å². The molecule has 1 aromatic carbocycles. The van der Waals surface area contributed by atoms with E-state index < -0.39 is 0 Å². The van der Waals surface area contributed by atoms with Crippen molar-refractivity contribution in [2.75, 3.05) is 6.54 Å². The lowest BCUT2D eigenvalue weighted by atomic mass is 9.95. The molecule has 0 radical (unpaired) electrons. The van der Waals surface area contributed by atoms with E-state index in [-0.39, 0.29) is 11.7 Å². The van der Waals surface area contributed by atoms with Crippen molar-refractivity contribution in [2.24, 2.45) is 11.7 Å². The Morgan fingerprint density at radius 1 is 1.27 bits per heavy atom. The topological polar surface area (TPSA) is 66.9 Å². The van der Waals surface area contributed by atoms with E-state index in [1.165, 1.54) is 0 Å². The van der Waals surface area contributed by atoms with Crippen LogP contribution in [-0.2, 0) is 11.2 Å². The highest BCUT2D eigenvalue weighted by Gasteiger charge is 2.12. The van der Waals surface area contributed by atoms with Crippen LogP contribution in [0.4, 0.5) is 0 Å². The number of carbonyl (C=O) groups is 1. The molecular weight excluding hydrogens is 272 g/mol. The molecule has 0 heterocycles. The van der Waals surface area contributed by atoms with Gasteiger partial charge in [-0.05, 0) is 38.3 Å². The molecule has 1 aromatic rings. The Kier molecular flexibility index (Phi) is 9.72. The molecule has 3 N–H and O–H groups in total. The van der Waals surface area contributed by atoms with Crippen LogP contribution in [0.25, 0.3) is 6.08 Å². The molecule has 1 rings (SSSR count). The summed E-state index contributed by atoms with van der Waals surface area (Å²) in [5.74, 6) is 0.102. The number of hydrogen-bond acceptors (Lipinski definition) is 3. The molecule has 120 valence electrons. The zero-order chi connectivity index (χ0) is 17.1. The molecule has 0 saturated carbocycles. The van der Waals surface area contributed by atoms with Crippen molar-refractivity contribution in [2.45, 2.75) is 33.6 Å². The maximum absolute atomic E-state index is 11.2. The summed E-state index contributed by atoms with van der Waals surface area (Å²) in [6, 6.07) is 8.03. The molecule has 1 unspecified atom stereocenters. The molecule has 0 aliphatic rings. The molecule has 0 saturated heterocycles. The Morgan fingerprint density at radius 3 is 2.09 bits per heavy atom. The number of benzene rings is 1. The molecule has 3 nitrogen and oxygen atoms in total. The molecule has 0 aromatic heterocycles. The zero-order valence-electron chi connectivity index (χ0n) is 14.0. The summed E-state index contributed by atoms with van der Waals surface area (Å²) in [7, 11) is 0. The molecule has 1 atom stereocenters. The Morgan fingerprint density at radius 2 is 1.82 bits per heavy atom. The maximum Gasteiger partial charge on any atom is 0.134 e. The summed E-state index contributed by atoms with van der Waals surface area (Å²) < 4.78 is 0. The van der Waals surface area contributed by atoms with Gasteiger partial charge in [0.1, 0.15) is 5.78 Å². The molecular formula is C19H28N2O. The highest BCUT2D eigenvalue weighted by atomic mass is 16.1. The first-order valence-corrected chi connectivity index (χ1v) is 7.40. The van der Waals surface area contributed by atoms with Gasteiger partial charge in [-0.3, -0.25) is 4.79 Å². The SMILES string of the molecule is C=C(C)CC(C)=N.C=Cc1ccc(CC(CN)C(C)=O)cc1. The van der Waals surface area contributed by atoms with Gasteiger partial charge >= 0.3 is 0 Å². The van der Waals surface area contributed by atoms with E-state index >= 15 is 0 Å². The van der Waals surface area contributed by atoms with Crippen LogP contribution in [0.1, 0.15) is 38.3 Å². The number of nitrogens with one attached hydrogen (secondary N) is 1. The Bertz CT molecular complexity index is 503. The van der Waals surface area contributed by atoms with Crippen molar-refractivity contribution in [3.05, 3.63) is 54.1 Å². The van der Waals surface area contributed by atoms with Gasteiger partial charge in [0.25, 0.3) is 0 Å². The van der Waals surface area contributed by atoms with Gasteiger partial charge in [-0.25, -0.2) is 0 Å². The minimum Gasteiger partial charge on any atom is -0.330 e. The predicted octanol–water partition coefficient (Wildman–Crippen LogP) is 4.03. The number of carbonyl (C=O) groups excluding carboxylic acids is 1. The fourth-order valence-electron chi connectivity index (χ4n) is 1.92. The van der Waals surface area contributed by atoms with Gasteiger partial charge in [-0.15, -0.1) is 0 Å². The molecule has 0 aliphatic carbocycles. The lowest BCUT2D eigenvalue weighted by molar-refractivity contribution is -0.120. The highest BCUT2D eigenvalue weighted by Crippen LogP contribution is 2.11. The second-order valence-electron chi connectivity index (χ2n) is 5.61. The fraction of sp³-hybridized carbons (Fsp3) is 0.368. The van der Waals surface area contributed by atoms with E-state index in [0.717, 1.165) is 29.5 Å². The standard InChI is InChI=1S/C13H17NO.C6H11N/c1-3-11-4-6-12(7-5-11)8-13(9-14)10(2)15;1-5(2)4-6(3)7/h3-7,13H,1,8-9,14H2,2H3;7H,1,4H2,2-3H3. The number of rotatable bonds is 7. The quantitative estimate of drug-likeness (QED) is 0.589. The first-order valence-electron chi connectivity index (χ1n) is 7.40. The van der Waals surface area contributed by atoms with Crippen molar-refractivity contribution >= 4 is 17.6 Å². The van der Waals surface area contributed by atoms with Gasteiger partial charge in [0.15, 0.2) is 0 Å². The summed E-state index contributed by atoms with van der Waals surface area (Å²) in [4.78, 5) is 11.2. The lowest BCUT2D eigenvalue weighted by Gasteiger charge is -2.10. The monoisotopic (exact) mass is 300 g/mol. The summed E-state index contributed by atoms with van der Waals surface area (Å²) in [5.41, 5.74) is 9.52. The van der Waals surface area contributed by atoms with Crippen LogP contribution in [0.15, 0.2) is 43.0 Å². The minimum atomic E-state index is -0.0559. The predicted molar refractivity (Wildman–Crippen MR) is 96.3 cm³/mol. The number of allylic oxidation sites excluding steroid dienone is 1. The van der Waals surface area contributed by atoms with Crippen LogP contribution in [-0.4, -0.2) is 18.0 Å². The number of hydrogen-bond donors (Lipinski definition) is 2. The largest absolute Gasteiger partial charge is 0.330 e. The zero-order valence-corrected chi connectivity index (χ0v) is 14.0. The summed E-state index contributed by atoms with van der Waals surface area (Å²) in [6.07, 6.45) is 3.28. The number of Topliss-reactive ketones (excluding diaryl/α,β-unsaturated/α-hetero) is 1. The summed E-state index contributed by atoms with van der Waals surface area (Å²) in [6.45, 7) is 13.1. The van der Waals surface area contributed by atoms with E-state index in [4.69, 9.17) is 11.1 Å². The first kappa shape index (κ1) is 20.0. The minimum absolute atomic E-state index is 0.0559. The van der Waals surface area contributed by atoms with Gasteiger partial charge in [-0.1, -0.05) is 49.1 Å². The van der Waals surface area contributed by atoms with Crippen LogP contribution in [0.2, 0.25) is 0 Å². The molecule has 3 heteroatoms. The van der Waals surface area contributed by atoms with Crippen molar-refractivity contribution in [1.82, 2.24) is 0 Å². The molecule has 0 bridgehead atoms. The summed E-state index contributed by atoms with van der Waals surface area (Å²) >= 11 is 0. The van der Waals surface area contributed by atoms with Gasteiger partial charge in [-0.2, -0.15) is 0 Å². The van der Waals surface area contributed by atoms with Crippen molar-refractivity contribution in [3.63, 3.8) is 0 Å². The van der Waals surface area contributed by atoms with Crippen LogP contribution in [0.3, 0.4) is 0 Å². The highest BCUT2D eigenvalue weighted by molar-refractivity contribution is 5.80. The fourth-order valence-corrected chi connectivity index (χ4v) is 1.92. The van der Waals surface area contributed by atoms with Gasteiger partial charge in [0, 0.05) is 24.6 Å². The van der Waals surface area contributed by atoms with Gasteiger partial charge in [0.05, 0.1) is 0 Å². The third-order valence-electron chi connectivity index (χ3n) is 3.12. The summed E-state index contributed by atoms with van der Waals surface area (Å²) in [5, 5.41) is 6.96. The smallest absolute Gasteiger partial charge is 0.134 e. The van der Waals surface area contributed by atoms with E-state index in [1.807, 2.05) is 31.2 Å². The van der Waals surface area contributed by atoms with Gasteiger partial charge in [0.2, 0.25) is 0 Å². The number of ketones is 1. The average molecular weight is 300 g/mol. The third-order valence-corrected chi connectivity index (χ3v) is 3.12. The lowest BCUT2D eigenvalue weighted by Crippen LogP contribution is -2.23. The van der Waals surface area contributed by atoms with Crippen LogP contribution < -0.4 is 5.73 Å². The molecule has 0 amide bonds. The van der Waals surface area contributed by atoms with Gasteiger partial charge < -0.3 is 11.1 Å². The van der Waals surface area contributed by atoms with E-state index in [2.05, 4.69) is 13.2 Å². The van der Waals surface area contributed by atoms with E-state index in [9.17, 15) is 4.79 Å². The average Bonchev–Trinajstić information content (AvgIpc) is 2.44. The second-order valence-corrected chi connectivity index (χ2v) is 5.61. The van der Waals surface area contributed by atoms with Crippen LogP contribution in [0.5, 0.6) is 0 Å². The van der Waals surface area contributed by atoms with Crippen molar-refractivity contribution in [3.8, 4) is 0 Å². The molecule has 22 heavy (non-hydrogen) atoms. The molecule has 0 fully saturated rings. The van der Waals surface area contributed by atoms with E-state index in [1.54, 1.807) is 19.9 Å². The van der Waals surface area contributed by atoms with Crippen molar-refractivity contribution < 1.29 is 4.79 Å². The Hall–Kier alpha value is -2.00. The Balaban J connectivity index is 0.000000534. The normalized spacial score (nSPS) is 10.9. The third kappa shape index (κ3) is 9.03. The Labute approximate surface area is 134 Å². The van der Waals surface area contributed by atoms with Crippen LogP contribution >= 0.6 is 0 Å². The maximum atomic E-state index is 11.2.